The predicted molar refractivity (Wildman–Crippen MR) is 72.1 cm³/mol. The minimum absolute atomic E-state index is 0.0370. The van der Waals surface area contributed by atoms with Crippen molar-refractivity contribution < 1.29 is 13.6 Å². The van der Waals surface area contributed by atoms with Crippen LogP contribution in [-0.2, 0) is 4.79 Å². The Hall–Kier alpha value is -2.27. The summed E-state index contributed by atoms with van der Waals surface area (Å²) in [6.45, 7) is 0. The van der Waals surface area contributed by atoms with E-state index in [1.165, 1.54) is 18.2 Å². The molecule has 3 rings (SSSR count). The maximum Gasteiger partial charge on any atom is 0.258 e. The molecule has 0 spiro atoms. The molecule has 2 heterocycles. The van der Waals surface area contributed by atoms with Crippen LogP contribution in [0.15, 0.2) is 30.5 Å². The van der Waals surface area contributed by atoms with Crippen molar-refractivity contribution in [2.45, 2.75) is 0 Å². The summed E-state index contributed by atoms with van der Waals surface area (Å²) in [7, 11) is 0. The molecule has 0 radical (unpaired) electrons. The van der Waals surface area contributed by atoms with E-state index >= 15 is 0 Å². The number of amides is 1. The lowest BCUT2D eigenvalue weighted by Gasteiger charge is -2.01. The summed E-state index contributed by atoms with van der Waals surface area (Å²) in [5.74, 6) is -1.64. The topological polar surface area (TPSA) is 42.0 Å². The van der Waals surface area contributed by atoms with Gasteiger partial charge in [-0.3, -0.25) is 9.78 Å². The number of carbonyl (C=O) groups is 1. The van der Waals surface area contributed by atoms with Gasteiger partial charge >= 0.3 is 0 Å². The fourth-order valence-corrected chi connectivity index (χ4v) is 2.15. The van der Waals surface area contributed by atoms with E-state index in [9.17, 15) is 13.6 Å². The lowest BCUT2D eigenvalue weighted by atomic mass is 10.1. The number of hydrogen-bond donors (Lipinski definition) is 1. The Kier molecular flexibility index (Phi) is 2.99. The smallest absolute Gasteiger partial charge is 0.258 e. The van der Waals surface area contributed by atoms with E-state index < -0.39 is 17.5 Å². The summed E-state index contributed by atoms with van der Waals surface area (Å²) in [5.41, 5.74) is 0.891. The first-order chi connectivity index (χ1) is 9.56. The van der Waals surface area contributed by atoms with Crippen LogP contribution in [0.1, 0.15) is 11.3 Å². The molecule has 1 amide bonds. The Balaban J connectivity index is 2.14. The molecule has 0 saturated heterocycles. The molecule has 0 bridgehead atoms. The number of carbonyl (C=O) groups excluding carboxylic acids is 1. The van der Waals surface area contributed by atoms with Crippen LogP contribution in [0.4, 0.5) is 14.5 Å². The van der Waals surface area contributed by atoms with Gasteiger partial charge in [-0.1, -0.05) is 23.7 Å². The zero-order valence-corrected chi connectivity index (χ0v) is 10.7. The van der Waals surface area contributed by atoms with E-state index in [0.717, 1.165) is 12.3 Å². The fourth-order valence-electron chi connectivity index (χ4n) is 1.97. The van der Waals surface area contributed by atoms with E-state index in [2.05, 4.69) is 10.3 Å². The molecule has 100 valence electrons. The maximum absolute atomic E-state index is 13.8. The van der Waals surface area contributed by atoms with E-state index in [-0.39, 0.29) is 27.5 Å². The lowest BCUT2D eigenvalue weighted by molar-refractivity contribution is -0.110. The third kappa shape index (κ3) is 2.06. The number of benzene rings is 1. The summed E-state index contributed by atoms with van der Waals surface area (Å²) in [6.07, 6.45) is 2.34. The molecule has 1 aliphatic rings. The molecule has 0 unspecified atom stereocenters. The Morgan fingerprint density at radius 1 is 1.30 bits per heavy atom. The molecule has 20 heavy (non-hydrogen) atoms. The minimum Gasteiger partial charge on any atom is -0.320 e. The van der Waals surface area contributed by atoms with E-state index in [4.69, 9.17) is 11.6 Å². The van der Waals surface area contributed by atoms with Crippen LogP contribution < -0.4 is 5.32 Å². The third-order valence-electron chi connectivity index (χ3n) is 2.88. The lowest BCUT2D eigenvalue weighted by Crippen LogP contribution is -2.03. The van der Waals surface area contributed by atoms with E-state index in [1.54, 1.807) is 6.07 Å². The Bertz CT molecular complexity index is 759. The molecule has 6 heteroatoms. The van der Waals surface area contributed by atoms with Gasteiger partial charge in [0.05, 0.1) is 28.2 Å². The van der Waals surface area contributed by atoms with Gasteiger partial charge in [-0.25, -0.2) is 8.78 Å². The molecule has 0 atom stereocenters. The van der Waals surface area contributed by atoms with Crippen LogP contribution in [0.5, 0.6) is 0 Å². The first-order valence-corrected chi connectivity index (χ1v) is 6.07. The molecule has 3 nitrogen and oxygen atoms in total. The number of aromatic nitrogens is 1. The Morgan fingerprint density at radius 3 is 2.90 bits per heavy atom. The number of rotatable bonds is 1. The van der Waals surface area contributed by atoms with Gasteiger partial charge in [-0.15, -0.1) is 0 Å². The molecule has 1 aromatic carbocycles. The Morgan fingerprint density at radius 2 is 2.10 bits per heavy atom. The van der Waals surface area contributed by atoms with E-state index in [0.29, 0.717) is 0 Å². The summed E-state index contributed by atoms with van der Waals surface area (Å²) in [5, 5.41) is 2.44. The second-order valence-electron chi connectivity index (χ2n) is 4.20. The number of anilines is 1. The van der Waals surface area contributed by atoms with Crippen LogP contribution >= 0.6 is 11.6 Å². The molecule has 0 fully saturated rings. The predicted octanol–water partition coefficient (Wildman–Crippen LogP) is 3.51. The van der Waals surface area contributed by atoms with Gasteiger partial charge in [0.2, 0.25) is 0 Å². The van der Waals surface area contributed by atoms with E-state index in [1.807, 2.05) is 0 Å². The SMILES string of the molecule is O=C1Nc2cc(F)cnc2/C1=C/c1cccc(Cl)c1F. The standard InChI is InChI=1S/C14H7ClF2N2O/c15-10-3-1-2-7(12(10)17)4-9-13-11(19-14(9)20)5-8(16)6-18-13/h1-6H,(H,19,20)/b9-4-. The molecule has 0 saturated carbocycles. The minimum atomic E-state index is -0.620. The third-order valence-corrected chi connectivity index (χ3v) is 3.18. The van der Waals surface area contributed by atoms with Gasteiger partial charge in [0, 0.05) is 11.6 Å². The van der Waals surface area contributed by atoms with Crippen molar-refractivity contribution in [2.24, 2.45) is 0 Å². The van der Waals surface area contributed by atoms with Crippen LogP contribution in [0, 0.1) is 11.6 Å². The van der Waals surface area contributed by atoms with Crippen molar-refractivity contribution in [3.63, 3.8) is 0 Å². The summed E-state index contributed by atoms with van der Waals surface area (Å²) in [4.78, 5) is 15.7. The van der Waals surface area contributed by atoms with Crippen LogP contribution in [0.3, 0.4) is 0 Å². The molecule has 1 aliphatic heterocycles. The van der Waals surface area contributed by atoms with Crippen molar-refractivity contribution in [3.05, 3.63) is 58.4 Å². The maximum atomic E-state index is 13.8. The van der Waals surface area contributed by atoms with Crippen molar-refractivity contribution in [1.29, 1.82) is 0 Å². The monoisotopic (exact) mass is 292 g/mol. The van der Waals surface area contributed by atoms with Crippen molar-refractivity contribution in [2.75, 3.05) is 5.32 Å². The van der Waals surface area contributed by atoms with Crippen LogP contribution in [0.2, 0.25) is 5.02 Å². The highest BCUT2D eigenvalue weighted by Crippen LogP contribution is 2.32. The largest absolute Gasteiger partial charge is 0.320 e. The number of pyridine rings is 1. The molecule has 0 aliphatic carbocycles. The highest BCUT2D eigenvalue weighted by molar-refractivity contribution is 6.34. The van der Waals surface area contributed by atoms with Gasteiger partial charge in [0.15, 0.2) is 0 Å². The zero-order valence-electron chi connectivity index (χ0n) is 9.95. The second kappa shape index (κ2) is 4.68. The highest BCUT2D eigenvalue weighted by Gasteiger charge is 2.26. The number of fused-ring (bicyclic) bond motifs is 1. The van der Waals surface area contributed by atoms with Crippen LogP contribution in [-0.4, -0.2) is 10.9 Å². The quantitative estimate of drug-likeness (QED) is 0.817. The summed E-state index contributed by atoms with van der Waals surface area (Å²) < 4.78 is 26.9. The van der Waals surface area contributed by atoms with Gasteiger partial charge in [-0.05, 0) is 12.1 Å². The number of hydrogen-bond acceptors (Lipinski definition) is 2. The number of nitrogens with one attached hydrogen (secondary N) is 1. The van der Waals surface area contributed by atoms with Crippen molar-refractivity contribution in [3.8, 4) is 0 Å². The molecule has 2 aromatic rings. The van der Waals surface area contributed by atoms with Gasteiger partial charge in [-0.2, -0.15) is 0 Å². The molecular formula is C14H7ClF2N2O. The summed E-state index contributed by atoms with van der Waals surface area (Å²) >= 11 is 5.69. The Labute approximate surface area is 117 Å². The van der Waals surface area contributed by atoms with Gasteiger partial charge < -0.3 is 5.32 Å². The average molecular weight is 293 g/mol. The normalized spacial score (nSPS) is 15.3. The zero-order chi connectivity index (χ0) is 14.3. The number of halogens is 3. The highest BCUT2D eigenvalue weighted by atomic mass is 35.5. The second-order valence-corrected chi connectivity index (χ2v) is 4.61. The van der Waals surface area contributed by atoms with Crippen LogP contribution in [0.25, 0.3) is 11.6 Å². The number of nitrogens with zero attached hydrogens (tertiary/aromatic N) is 1. The summed E-state index contributed by atoms with van der Waals surface area (Å²) in [6, 6.07) is 5.64. The fraction of sp³-hybridized carbons (Fsp3) is 0. The molecular weight excluding hydrogens is 286 g/mol. The molecule has 1 aromatic heterocycles. The first-order valence-electron chi connectivity index (χ1n) is 5.69. The van der Waals surface area contributed by atoms with Gasteiger partial charge in [0.1, 0.15) is 11.6 Å². The average Bonchev–Trinajstić information content (AvgIpc) is 2.70. The molecule has 1 N–H and O–H groups in total. The van der Waals surface area contributed by atoms with Gasteiger partial charge in [0.25, 0.3) is 5.91 Å². The first kappa shape index (κ1) is 12.7. The van der Waals surface area contributed by atoms with Crippen molar-refractivity contribution >= 4 is 34.8 Å². The van der Waals surface area contributed by atoms with Crippen molar-refractivity contribution in [1.82, 2.24) is 4.98 Å².